The summed E-state index contributed by atoms with van der Waals surface area (Å²) in [6.45, 7) is -0.0661. The van der Waals surface area contributed by atoms with Gasteiger partial charge in [0.15, 0.2) is 0 Å². The molecule has 0 heterocycles. The van der Waals surface area contributed by atoms with Crippen LogP contribution in [0.15, 0.2) is 18.2 Å². The second-order valence-corrected chi connectivity index (χ2v) is 4.34. The lowest BCUT2D eigenvalue weighted by Gasteiger charge is -2.25. The van der Waals surface area contributed by atoms with E-state index in [1.54, 1.807) is 12.1 Å². The van der Waals surface area contributed by atoms with Gasteiger partial charge in [-0.25, -0.2) is 4.39 Å². The first kappa shape index (κ1) is 10.6. The Balaban J connectivity index is 2.41. The van der Waals surface area contributed by atoms with Gasteiger partial charge in [0, 0.05) is 11.1 Å². The minimum absolute atomic E-state index is 0.0661. The maximum atomic E-state index is 13.6. The van der Waals surface area contributed by atoms with Gasteiger partial charge in [0.05, 0.1) is 6.61 Å². The first-order valence-corrected chi connectivity index (χ1v) is 5.34. The highest BCUT2D eigenvalue weighted by atomic mass is 19.1. The zero-order valence-corrected chi connectivity index (χ0v) is 8.67. The maximum absolute atomic E-state index is 13.6. The number of rotatable bonds is 2. The summed E-state index contributed by atoms with van der Waals surface area (Å²) in [4.78, 5) is 0. The van der Waals surface area contributed by atoms with Crippen LogP contribution < -0.4 is 5.73 Å². The average Bonchev–Trinajstić information content (AvgIpc) is 2.67. The highest BCUT2D eigenvalue weighted by Crippen LogP contribution is 2.37. The third kappa shape index (κ3) is 1.90. The summed E-state index contributed by atoms with van der Waals surface area (Å²) < 4.78 is 13.6. The Labute approximate surface area is 88.9 Å². The molecule has 0 aliphatic heterocycles. The molecule has 0 aromatic heterocycles. The Morgan fingerprint density at radius 3 is 2.60 bits per heavy atom. The molecule has 15 heavy (non-hydrogen) atoms. The number of halogens is 1. The predicted octanol–water partition coefficient (Wildman–Crippen LogP) is 2.05. The molecule has 0 bridgehead atoms. The van der Waals surface area contributed by atoms with E-state index in [1.165, 1.54) is 6.07 Å². The Hall–Kier alpha value is -0.930. The molecule has 0 saturated heterocycles. The normalized spacial score (nSPS) is 19.4. The van der Waals surface area contributed by atoms with E-state index in [0.29, 0.717) is 5.56 Å². The van der Waals surface area contributed by atoms with Gasteiger partial charge < -0.3 is 10.8 Å². The van der Waals surface area contributed by atoms with E-state index in [4.69, 9.17) is 10.8 Å². The summed E-state index contributed by atoms with van der Waals surface area (Å²) in [6.07, 6.45) is 3.77. The van der Waals surface area contributed by atoms with Crippen molar-refractivity contribution >= 4 is 0 Å². The molecule has 2 rings (SSSR count). The molecule has 1 aromatic rings. The van der Waals surface area contributed by atoms with Crippen molar-refractivity contribution in [3.63, 3.8) is 0 Å². The van der Waals surface area contributed by atoms with Gasteiger partial charge in [-0.1, -0.05) is 18.9 Å². The zero-order valence-electron chi connectivity index (χ0n) is 8.67. The van der Waals surface area contributed by atoms with Crippen molar-refractivity contribution in [1.29, 1.82) is 0 Å². The average molecular weight is 209 g/mol. The molecule has 0 radical (unpaired) electrons. The van der Waals surface area contributed by atoms with Crippen molar-refractivity contribution < 1.29 is 9.50 Å². The zero-order chi connectivity index (χ0) is 10.9. The molecule has 1 saturated carbocycles. The fourth-order valence-electron chi connectivity index (χ4n) is 2.33. The van der Waals surface area contributed by atoms with Crippen LogP contribution in [0.1, 0.15) is 36.8 Å². The van der Waals surface area contributed by atoms with Gasteiger partial charge in [0.2, 0.25) is 0 Å². The first-order chi connectivity index (χ1) is 7.15. The number of aliphatic hydroxyl groups excluding tert-OH is 1. The number of hydrogen-bond donors (Lipinski definition) is 2. The molecule has 0 amide bonds. The quantitative estimate of drug-likeness (QED) is 0.783. The monoisotopic (exact) mass is 209 g/mol. The number of hydrogen-bond acceptors (Lipinski definition) is 2. The van der Waals surface area contributed by atoms with Gasteiger partial charge in [-0.2, -0.15) is 0 Å². The smallest absolute Gasteiger partial charge is 0.128 e. The standard InChI is InChI=1S/C12H16FNO/c13-11-4-3-9(8-15)7-10(11)12(14)5-1-2-6-12/h3-4,7,15H,1-2,5-6,8,14H2. The molecule has 2 nitrogen and oxygen atoms in total. The molecule has 0 spiro atoms. The molecule has 1 fully saturated rings. The Kier molecular flexibility index (Phi) is 2.76. The van der Waals surface area contributed by atoms with Crippen LogP contribution in [-0.4, -0.2) is 5.11 Å². The van der Waals surface area contributed by atoms with Crippen molar-refractivity contribution in [3.05, 3.63) is 35.1 Å². The van der Waals surface area contributed by atoms with Crippen molar-refractivity contribution in [2.24, 2.45) is 5.73 Å². The van der Waals surface area contributed by atoms with E-state index in [2.05, 4.69) is 0 Å². The molecular weight excluding hydrogens is 193 g/mol. The maximum Gasteiger partial charge on any atom is 0.128 e. The Morgan fingerprint density at radius 2 is 2.00 bits per heavy atom. The lowest BCUT2D eigenvalue weighted by molar-refractivity contribution is 0.281. The van der Waals surface area contributed by atoms with Gasteiger partial charge in [0.1, 0.15) is 5.82 Å². The third-order valence-electron chi connectivity index (χ3n) is 3.25. The van der Waals surface area contributed by atoms with E-state index in [0.717, 1.165) is 31.2 Å². The molecule has 82 valence electrons. The first-order valence-electron chi connectivity index (χ1n) is 5.34. The van der Waals surface area contributed by atoms with Gasteiger partial charge >= 0.3 is 0 Å². The van der Waals surface area contributed by atoms with Crippen LogP contribution in [0.3, 0.4) is 0 Å². The Morgan fingerprint density at radius 1 is 1.33 bits per heavy atom. The largest absolute Gasteiger partial charge is 0.392 e. The molecular formula is C12H16FNO. The summed E-state index contributed by atoms with van der Waals surface area (Å²) in [6, 6.07) is 4.69. The van der Waals surface area contributed by atoms with Crippen LogP contribution in [-0.2, 0) is 12.1 Å². The molecule has 1 aromatic carbocycles. The van der Waals surface area contributed by atoms with Crippen LogP contribution in [0.5, 0.6) is 0 Å². The highest BCUT2D eigenvalue weighted by Gasteiger charge is 2.33. The lowest BCUT2D eigenvalue weighted by atomic mass is 9.88. The third-order valence-corrected chi connectivity index (χ3v) is 3.25. The summed E-state index contributed by atoms with van der Waals surface area (Å²) in [5.41, 5.74) is 6.95. The summed E-state index contributed by atoms with van der Waals surface area (Å²) >= 11 is 0. The summed E-state index contributed by atoms with van der Waals surface area (Å²) in [7, 11) is 0. The number of aliphatic hydroxyl groups is 1. The number of benzene rings is 1. The summed E-state index contributed by atoms with van der Waals surface area (Å²) in [5.74, 6) is -0.253. The minimum Gasteiger partial charge on any atom is -0.392 e. The van der Waals surface area contributed by atoms with E-state index < -0.39 is 5.54 Å². The van der Waals surface area contributed by atoms with Gasteiger partial charge in [-0.3, -0.25) is 0 Å². The minimum atomic E-state index is -0.519. The second kappa shape index (κ2) is 3.91. The second-order valence-electron chi connectivity index (χ2n) is 4.34. The van der Waals surface area contributed by atoms with Gasteiger partial charge in [-0.05, 0) is 30.5 Å². The van der Waals surface area contributed by atoms with Crippen LogP contribution >= 0.6 is 0 Å². The van der Waals surface area contributed by atoms with E-state index in [1.807, 2.05) is 0 Å². The molecule has 1 aliphatic carbocycles. The predicted molar refractivity (Wildman–Crippen MR) is 56.7 cm³/mol. The van der Waals surface area contributed by atoms with Crippen molar-refractivity contribution in [1.82, 2.24) is 0 Å². The van der Waals surface area contributed by atoms with E-state index in [9.17, 15) is 4.39 Å². The number of nitrogens with two attached hydrogens (primary N) is 1. The topological polar surface area (TPSA) is 46.2 Å². The van der Waals surface area contributed by atoms with Crippen molar-refractivity contribution in [2.45, 2.75) is 37.8 Å². The lowest BCUT2D eigenvalue weighted by Crippen LogP contribution is -2.34. The molecule has 1 aliphatic rings. The molecule has 3 N–H and O–H groups in total. The fourth-order valence-corrected chi connectivity index (χ4v) is 2.33. The van der Waals surface area contributed by atoms with Crippen molar-refractivity contribution in [3.8, 4) is 0 Å². The van der Waals surface area contributed by atoms with E-state index in [-0.39, 0.29) is 12.4 Å². The molecule has 0 atom stereocenters. The molecule has 3 heteroatoms. The van der Waals surface area contributed by atoms with Gasteiger partial charge in [0.25, 0.3) is 0 Å². The fraction of sp³-hybridized carbons (Fsp3) is 0.500. The molecule has 0 unspecified atom stereocenters. The van der Waals surface area contributed by atoms with Crippen LogP contribution in [0, 0.1) is 5.82 Å². The SMILES string of the molecule is NC1(c2cc(CO)ccc2F)CCCC1. The van der Waals surface area contributed by atoms with Crippen LogP contribution in [0.2, 0.25) is 0 Å². The highest BCUT2D eigenvalue weighted by molar-refractivity contribution is 5.31. The summed E-state index contributed by atoms with van der Waals surface area (Å²) in [5, 5.41) is 9.02. The van der Waals surface area contributed by atoms with Crippen LogP contribution in [0.25, 0.3) is 0 Å². The van der Waals surface area contributed by atoms with E-state index >= 15 is 0 Å². The van der Waals surface area contributed by atoms with Crippen LogP contribution in [0.4, 0.5) is 4.39 Å². The van der Waals surface area contributed by atoms with Gasteiger partial charge in [-0.15, -0.1) is 0 Å². The Bertz CT molecular complexity index is 359. The van der Waals surface area contributed by atoms with Crippen molar-refractivity contribution in [2.75, 3.05) is 0 Å².